The van der Waals surface area contributed by atoms with Crippen LogP contribution in [0.2, 0.25) is 5.02 Å². The molecule has 2 aromatic rings. The molecule has 0 radical (unpaired) electrons. The average molecular weight is 377 g/mol. The van der Waals surface area contributed by atoms with Gasteiger partial charge in [0.15, 0.2) is 0 Å². The maximum absolute atomic E-state index is 12.3. The van der Waals surface area contributed by atoms with Gasteiger partial charge in [-0.05, 0) is 37.6 Å². The van der Waals surface area contributed by atoms with Crippen molar-refractivity contribution in [1.82, 2.24) is 5.32 Å². The maximum Gasteiger partial charge on any atom is 0.255 e. The number of hydrogen-bond donors (Lipinski definition) is 2. The summed E-state index contributed by atoms with van der Waals surface area (Å²) in [5, 5.41) is 5.83. The van der Waals surface area contributed by atoms with Crippen molar-refractivity contribution in [3.05, 3.63) is 52.5 Å². The van der Waals surface area contributed by atoms with Gasteiger partial charge in [0.25, 0.3) is 5.91 Å². The van der Waals surface area contributed by atoms with E-state index in [-0.39, 0.29) is 18.4 Å². The normalized spacial score (nSPS) is 10.2. The summed E-state index contributed by atoms with van der Waals surface area (Å²) in [6.45, 7) is 3.91. The van der Waals surface area contributed by atoms with Crippen LogP contribution in [0.1, 0.15) is 22.8 Å². The molecule has 0 aliphatic carbocycles. The number of hydrogen-bond acceptors (Lipinski definition) is 4. The van der Waals surface area contributed by atoms with Gasteiger partial charge in [-0.25, -0.2) is 0 Å². The summed E-state index contributed by atoms with van der Waals surface area (Å²) in [5.41, 5.74) is 1.67. The first-order valence-electron chi connectivity index (χ1n) is 8.10. The molecule has 2 rings (SSSR count). The topological polar surface area (TPSA) is 76.7 Å². The number of carbonyl (C=O) groups excluding carboxylic acids is 2. The first-order chi connectivity index (χ1) is 12.5. The lowest BCUT2D eigenvalue weighted by molar-refractivity contribution is -0.115. The number of anilines is 1. The Morgan fingerprint density at radius 1 is 1.15 bits per heavy atom. The summed E-state index contributed by atoms with van der Waals surface area (Å²) >= 11 is 6.05. The molecule has 0 aliphatic rings. The fourth-order valence-electron chi connectivity index (χ4n) is 2.32. The van der Waals surface area contributed by atoms with E-state index in [0.29, 0.717) is 34.4 Å². The van der Waals surface area contributed by atoms with Crippen LogP contribution in [-0.2, 0) is 4.79 Å². The Kier molecular flexibility index (Phi) is 6.86. The van der Waals surface area contributed by atoms with Crippen molar-refractivity contribution in [2.45, 2.75) is 13.8 Å². The van der Waals surface area contributed by atoms with Crippen molar-refractivity contribution >= 4 is 29.1 Å². The third-order valence-corrected chi connectivity index (χ3v) is 4.00. The van der Waals surface area contributed by atoms with E-state index >= 15 is 0 Å². The lowest BCUT2D eigenvalue weighted by Gasteiger charge is -2.13. The molecule has 2 amide bonds. The second kappa shape index (κ2) is 9.10. The number of ether oxygens (including phenoxy) is 2. The number of methoxy groups -OCH3 is 1. The fourth-order valence-corrected chi connectivity index (χ4v) is 2.47. The summed E-state index contributed by atoms with van der Waals surface area (Å²) in [7, 11) is 1.49. The molecule has 0 saturated heterocycles. The molecule has 0 aliphatic heterocycles. The van der Waals surface area contributed by atoms with Gasteiger partial charge >= 0.3 is 0 Å². The second-order valence-electron chi connectivity index (χ2n) is 5.46. The first kappa shape index (κ1) is 19.6. The Labute approximate surface area is 157 Å². The van der Waals surface area contributed by atoms with Gasteiger partial charge in [0.1, 0.15) is 11.5 Å². The molecule has 0 unspecified atom stereocenters. The van der Waals surface area contributed by atoms with E-state index in [1.54, 1.807) is 36.4 Å². The Morgan fingerprint density at radius 3 is 2.58 bits per heavy atom. The van der Waals surface area contributed by atoms with Gasteiger partial charge in [-0.15, -0.1) is 0 Å². The second-order valence-corrected chi connectivity index (χ2v) is 5.87. The van der Waals surface area contributed by atoms with Crippen molar-refractivity contribution in [2.24, 2.45) is 0 Å². The van der Waals surface area contributed by atoms with Crippen LogP contribution in [0.5, 0.6) is 11.5 Å². The zero-order chi connectivity index (χ0) is 19.1. The smallest absolute Gasteiger partial charge is 0.255 e. The van der Waals surface area contributed by atoms with Crippen molar-refractivity contribution in [3.63, 3.8) is 0 Å². The van der Waals surface area contributed by atoms with Crippen LogP contribution in [0, 0.1) is 6.92 Å². The lowest BCUT2D eigenvalue weighted by Crippen LogP contribution is -2.33. The van der Waals surface area contributed by atoms with Gasteiger partial charge in [0, 0.05) is 11.1 Å². The van der Waals surface area contributed by atoms with E-state index in [1.807, 2.05) is 13.8 Å². The van der Waals surface area contributed by atoms with Gasteiger partial charge in [-0.2, -0.15) is 0 Å². The molecule has 2 N–H and O–H groups in total. The molecule has 0 fully saturated rings. The highest BCUT2D eigenvalue weighted by molar-refractivity contribution is 6.31. The van der Waals surface area contributed by atoms with Crippen LogP contribution in [0.3, 0.4) is 0 Å². The standard InChI is InChI=1S/C19H21ClN2O4/c1-4-26-16-8-6-5-7-13(16)19(24)21-11-18(23)22-15-9-12(2)14(20)10-17(15)25-3/h5-10H,4,11H2,1-3H3,(H,21,24)(H,22,23). The number of para-hydroxylation sites is 1. The fraction of sp³-hybridized carbons (Fsp3) is 0.263. The quantitative estimate of drug-likeness (QED) is 0.776. The highest BCUT2D eigenvalue weighted by Gasteiger charge is 2.14. The van der Waals surface area contributed by atoms with Crippen LogP contribution < -0.4 is 20.1 Å². The molecule has 0 atom stereocenters. The minimum Gasteiger partial charge on any atom is -0.495 e. The van der Waals surface area contributed by atoms with Gasteiger partial charge in [0.05, 0.1) is 31.5 Å². The van der Waals surface area contributed by atoms with E-state index in [4.69, 9.17) is 21.1 Å². The monoisotopic (exact) mass is 376 g/mol. The SMILES string of the molecule is CCOc1ccccc1C(=O)NCC(=O)Nc1cc(C)c(Cl)cc1OC. The molecular weight excluding hydrogens is 356 g/mol. The number of rotatable bonds is 7. The predicted molar refractivity (Wildman–Crippen MR) is 101 cm³/mol. The molecule has 26 heavy (non-hydrogen) atoms. The summed E-state index contributed by atoms with van der Waals surface area (Å²) in [4.78, 5) is 24.5. The Hall–Kier alpha value is -2.73. The molecule has 0 bridgehead atoms. The van der Waals surface area contributed by atoms with E-state index < -0.39 is 0 Å². The summed E-state index contributed by atoms with van der Waals surface area (Å²) in [6.07, 6.45) is 0. The minimum atomic E-state index is -0.386. The van der Waals surface area contributed by atoms with Crippen LogP contribution in [0.25, 0.3) is 0 Å². The molecule has 0 aromatic heterocycles. The number of nitrogens with one attached hydrogen (secondary N) is 2. The lowest BCUT2D eigenvalue weighted by atomic mass is 10.2. The Morgan fingerprint density at radius 2 is 1.88 bits per heavy atom. The van der Waals surface area contributed by atoms with E-state index in [1.165, 1.54) is 7.11 Å². The largest absolute Gasteiger partial charge is 0.495 e. The summed E-state index contributed by atoms with van der Waals surface area (Å²) < 4.78 is 10.6. The average Bonchev–Trinajstić information content (AvgIpc) is 2.63. The Bertz CT molecular complexity index is 808. The van der Waals surface area contributed by atoms with Gasteiger partial charge in [0.2, 0.25) is 5.91 Å². The van der Waals surface area contributed by atoms with E-state index in [9.17, 15) is 9.59 Å². The zero-order valence-corrected chi connectivity index (χ0v) is 15.6. The van der Waals surface area contributed by atoms with Crippen LogP contribution >= 0.6 is 11.6 Å². The highest BCUT2D eigenvalue weighted by atomic mass is 35.5. The minimum absolute atomic E-state index is 0.190. The molecule has 0 spiro atoms. The number of halogens is 1. The Balaban J connectivity index is 2.01. The summed E-state index contributed by atoms with van der Waals surface area (Å²) in [6, 6.07) is 10.2. The van der Waals surface area contributed by atoms with Crippen LogP contribution in [0.15, 0.2) is 36.4 Å². The third-order valence-electron chi connectivity index (χ3n) is 3.60. The molecule has 0 heterocycles. The van der Waals surface area contributed by atoms with Gasteiger partial charge in [-0.1, -0.05) is 23.7 Å². The molecule has 6 nitrogen and oxygen atoms in total. The molecular formula is C19H21ClN2O4. The first-order valence-corrected chi connectivity index (χ1v) is 8.48. The number of benzene rings is 2. The molecule has 138 valence electrons. The van der Waals surface area contributed by atoms with Crippen molar-refractivity contribution < 1.29 is 19.1 Å². The third kappa shape index (κ3) is 4.89. The van der Waals surface area contributed by atoms with Crippen LogP contribution in [-0.4, -0.2) is 32.1 Å². The highest BCUT2D eigenvalue weighted by Crippen LogP contribution is 2.30. The van der Waals surface area contributed by atoms with Crippen LogP contribution in [0.4, 0.5) is 5.69 Å². The van der Waals surface area contributed by atoms with Crippen molar-refractivity contribution in [3.8, 4) is 11.5 Å². The number of amides is 2. The van der Waals surface area contributed by atoms with Gasteiger partial charge < -0.3 is 20.1 Å². The summed E-state index contributed by atoms with van der Waals surface area (Å²) in [5.74, 6) is 0.153. The number of aryl methyl sites for hydroxylation is 1. The molecule has 7 heteroatoms. The maximum atomic E-state index is 12.3. The van der Waals surface area contributed by atoms with E-state index in [0.717, 1.165) is 5.56 Å². The van der Waals surface area contributed by atoms with Crippen molar-refractivity contribution in [1.29, 1.82) is 0 Å². The van der Waals surface area contributed by atoms with Crippen molar-refractivity contribution in [2.75, 3.05) is 25.6 Å². The molecule has 0 saturated carbocycles. The number of carbonyl (C=O) groups is 2. The van der Waals surface area contributed by atoms with Gasteiger partial charge in [-0.3, -0.25) is 9.59 Å². The zero-order valence-electron chi connectivity index (χ0n) is 14.9. The predicted octanol–water partition coefficient (Wildman–Crippen LogP) is 3.42. The van der Waals surface area contributed by atoms with E-state index in [2.05, 4.69) is 10.6 Å². The molecule has 2 aromatic carbocycles.